The highest BCUT2D eigenvalue weighted by Crippen LogP contribution is 2.20. The van der Waals surface area contributed by atoms with Gasteiger partial charge in [-0.25, -0.2) is 0 Å². The van der Waals surface area contributed by atoms with E-state index in [-0.39, 0.29) is 24.1 Å². The minimum atomic E-state index is -0.284. The van der Waals surface area contributed by atoms with Crippen molar-refractivity contribution >= 4 is 27.7 Å². The maximum Gasteiger partial charge on any atom is 0.289 e. The monoisotopic (exact) mass is 385 g/mol. The third kappa shape index (κ3) is 5.07. The summed E-state index contributed by atoms with van der Waals surface area (Å²) in [6, 6.07) is 3.26. The van der Waals surface area contributed by atoms with E-state index in [4.69, 9.17) is 4.42 Å². The number of halogens is 1. The molecule has 2 amide bonds. The molecule has 1 N–H and O–H groups in total. The molecular weight excluding hydrogens is 362 g/mol. The fourth-order valence-electron chi connectivity index (χ4n) is 2.81. The summed E-state index contributed by atoms with van der Waals surface area (Å²) in [7, 11) is 3.58. The van der Waals surface area contributed by atoms with E-state index in [0.717, 1.165) is 38.9 Å². The van der Waals surface area contributed by atoms with Crippen molar-refractivity contribution in [1.29, 1.82) is 0 Å². The molecule has 1 aromatic rings. The molecule has 6 nitrogen and oxygen atoms in total. The Kier molecular flexibility index (Phi) is 6.65. The fraction of sp³-hybridized carbons (Fsp3) is 0.625. The van der Waals surface area contributed by atoms with E-state index in [2.05, 4.69) is 21.2 Å². The summed E-state index contributed by atoms with van der Waals surface area (Å²) in [6.07, 6.45) is 3.23. The lowest BCUT2D eigenvalue weighted by Gasteiger charge is -2.33. The van der Waals surface area contributed by atoms with Gasteiger partial charge in [-0.05, 0) is 66.8 Å². The van der Waals surface area contributed by atoms with Crippen LogP contribution in [0.15, 0.2) is 21.2 Å². The van der Waals surface area contributed by atoms with Gasteiger partial charge in [-0.2, -0.15) is 0 Å². The van der Waals surface area contributed by atoms with Crippen molar-refractivity contribution in [3.05, 3.63) is 22.6 Å². The fourth-order valence-corrected chi connectivity index (χ4v) is 3.12. The van der Waals surface area contributed by atoms with Gasteiger partial charge in [0.25, 0.3) is 5.91 Å². The zero-order valence-corrected chi connectivity index (χ0v) is 15.3. The van der Waals surface area contributed by atoms with E-state index in [1.165, 1.54) is 4.90 Å². The number of furan rings is 1. The summed E-state index contributed by atoms with van der Waals surface area (Å²) in [5.41, 5.74) is 0. The van der Waals surface area contributed by atoms with Crippen LogP contribution in [-0.2, 0) is 4.79 Å². The van der Waals surface area contributed by atoms with Crippen LogP contribution in [-0.4, -0.2) is 61.9 Å². The van der Waals surface area contributed by atoms with Crippen molar-refractivity contribution in [2.75, 3.05) is 40.3 Å². The Balaban J connectivity index is 1.79. The predicted molar refractivity (Wildman–Crippen MR) is 91.2 cm³/mol. The van der Waals surface area contributed by atoms with Gasteiger partial charge in [0, 0.05) is 20.1 Å². The molecule has 1 saturated heterocycles. The molecule has 1 aliphatic rings. The lowest BCUT2D eigenvalue weighted by Crippen LogP contribution is -2.44. The smallest absolute Gasteiger partial charge is 0.289 e. The van der Waals surface area contributed by atoms with Gasteiger partial charge in [0.1, 0.15) is 0 Å². The van der Waals surface area contributed by atoms with Gasteiger partial charge in [0.2, 0.25) is 5.91 Å². The summed E-state index contributed by atoms with van der Waals surface area (Å²) in [5.74, 6) is 0.635. The third-order valence-corrected chi connectivity index (χ3v) is 4.70. The van der Waals surface area contributed by atoms with Crippen molar-refractivity contribution in [2.24, 2.45) is 5.92 Å². The molecule has 128 valence electrons. The van der Waals surface area contributed by atoms with E-state index < -0.39 is 0 Å². The highest BCUT2D eigenvalue weighted by molar-refractivity contribution is 9.10. The van der Waals surface area contributed by atoms with Crippen LogP contribution in [0.3, 0.4) is 0 Å². The standard InChI is InChI=1S/C16H24BrN3O3/c1-18-8-5-12-6-9-20(10-7-12)15(21)11-19(2)16(22)13-3-4-14(17)23-13/h3-4,12,18H,5-11H2,1-2H3. The first-order valence-corrected chi connectivity index (χ1v) is 8.73. The Morgan fingerprint density at radius 1 is 1.39 bits per heavy atom. The Bertz CT molecular complexity index is 538. The summed E-state index contributed by atoms with van der Waals surface area (Å²) >= 11 is 3.17. The number of hydrogen-bond acceptors (Lipinski definition) is 4. The van der Waals surface area contributed by atoms with Crippen molar-refractivity contribution in [3.8, 4) is 0 Å². The molecular formula is C16H24BrN3O3. The number of likely N-dealkylation sites (N-methyl/N-ethyl adjacent to an activating group) is 1. The van der Waals surface area contributed by atoms with Crippen LogP contribution in [0.5, 0.6) is 0 Å². The third-order valence-electron chi connectivity index (χ3n) is 4.27. The van der Waals surface area contributed by atoms with Crippen LogP contribution in [0, 0.1) is 5.92 Å². The second kappa shape index (κ2) is 8.49. The van der Waals surface area contributed by atoms with Gasteiger partial charge < -0.3 is 19.5 Å². The van der Waals surface area contributed by atoms with E-state index >= 15 is 0 Å². The van der Waals surface area contributed by atoms with Gasteiger partial charge in [-0.15, -0.1) is 0 Å². The van der Waals surface area contributed by atoms with Crippen molar-refractivity contribution in [3.63, 3.8) is 0 Å². The summed E-state index contributed by atoms with van der Waals surface area (Å²) in [4.78, 5) is 27.8. The summed E-state index contributed by atoms with van der Waals surface area (Å²) < 4.78 is 5.74. The van der Waals surface area contributed by atoms with Gasteiger partial charge in [0.05, 0.1) is 6.54 Å². The minimum Gasteiger partial charge on any atom is -0.444 e. The second-order valence-electron chi connectivity index (χ2n) is 5.98. The van der Waals surface area contributed by atoms with Crippen molar-refractivity contribution in [1.82, 2.24) is 15.1 Å². The molecule has 0 unspecified atom stereocenters. The van der Waals surface area contributed by atoms with Crippen LogP contribution in [0.1, 0.15) is 29.8 Å². The number of piperidine rings is 1. The molecule has 0 aliphatic carbocycles. The number of nitrogens with zero attached hydrogens (tertiary/aromatic N) is 2. The Morgan fingerprint density at radius 2 is 2.09 bits per heavy atom. The van der Waals surface area contributed by atoms with Crippen molar-refractivity contribution in [2.45, 2.75) is 19.3 Å². The largest absolute Gasteiger partial charge is 0.444 e. The lowest BCUT2D eigenvalue weighted by molar-refractivity contribution is -0.133. The normalized spacial score (nSPS) is 15.7. The molecule has 0 radical (unpaired) electrons. The maximum absolute atomic E-state index is 12.4. The van der Waals surface area contributed by atoms with Crippen LogP contribution >= 0.6 is 15.9 Å². The number of hydrogen-bond donors (Lipinski definition) is 1. The number of rotatable bonds is 6. The zero-order valence-electron chi connectivity index (χ0n) is 13.7. The molecule has 0 bridgehead atoms. The first-order chi connectivity index (χ1) is 11.0. The Hall–Kier alpha value is -1.34. The molecule has 2 rings (SSSR count). The number of amides is 2. The number of carbonyl (C=O) groups excluding carboxylic acids is 2. The Morgan fingerprint density at radius 3 is 2.65 bits per heavy atom. The molecule has 1 aromatic heterocycles. The average Bonchev–Trinajstić information content (AvgIpc) is 2.99. The van der Waals surface area contributed by atoms with Gasteiger partial charge in [-0.1, -0.05) is 0 Å². The minimum absolute atomic E-state index is 0.00135. The molecule has 2 heterocycles. The van der Waals surface area contributed by atoms with Crippen LogP contribution in [0.2, 0.25) is 0 Å². The van der Waals surface area contributed by atoms with Gasteiger partial charge in [-0.3, -0.25) is 9.59 Å². The number of likely N-dealkylation sites (tertiary alicyclic amines) is 1. The van der Waals surface area contributed by atoms with E-state index in [0.29, 0.717) is 10.6 Å². The van der Waals surface area contributed by atoms with Crippen molar-refractivity contribution < 1.29 is 14.0 Å². The molecule has 0 saturated carbocycles. The topological polar surface area (TPSA) is 65.8 Å². The van der Waals surface area contributed by atoms with E-state index in [9.17, 15) is 9.59 Å². The summed E-state index contributed by atoms with van der Waals surface area (Å²) in [5, 5.41) is 3.17. The van der Waals surface area contributed by atoms with Crippen LogP contribution in [0.25, 0.3) is 0 Å². The SMILES string of the molecule is CNCCC1CCN(C(=O)CN(C)C(=O)c2ccc(Br)o2)CC1. The average molecular weight is 386 g/mol. The van der Waals surface area contributed by atoms with E-state index in [1.54, 1.807) is 19.2 Å². The highest BCUT2D eigenvalue weighted by Gasteiger charge is 2.25. The van der Waals surface area contributed by atoms with Crippen LogP contribution < -0.4 is 5.32 Å². The molecule has 0 atom stereocenters. The van der Waals surface area contributed by atoms with Gasteiger partial charge >= 0.3 is 0 Å². The molecule has 0 spiro atoms. The first-order valence-electron chi connectivity index (χ1n) is 7.94. The molecule has 1 fully saturated rings. The summed E-state index contributed by atoms with van der Waals surface area (Å²) in [6.45, 7) is 2.66. The Labute approximate surface area is 145 Å². The van der Waals surface area contributed by atoms with Gasteiger partial charge in [0.15, 0.2) is 10.4 Å². The molecule has 0 aromatic carbocycles. The highest BCUT2D eigenvalue weighted by atomic mass is 79.9. The molecule has 7 heteroatoms. The zero-order chi connectivity index (χ0) is 16.8. The van der Waals surface area contributed by atoms with E-state index in [1.807, 2.05) is 11.9 Å². The molecule has 1 aliphatic heterocycles. The lowest BCUT2D eigenvalue weighted by atomic mass is 9.93. The first kappa shape index (κ1) is 18.0. The second-order valence-corrected chi connectivity index (χ2v) is 6.76. The molecule has 23 heavy (non-hydrogen) atoms. The number of carbonyl (C=O) groups is 2. The maximum atomic E-state index is 12.4. The van der Waals surface area contributed by atoms with Crippen LogP contribution in [0.4, 0.5) is 0 Å². The quantitative estimate of drug-likeness (QED) is 0.812. The predicted octanol–water partition coefficient (Wildman–Crippen LogP) is 1.96. The number of nitrogens with one attached hydrogen (secondary N) is 1.